The number of amides is 1. The quantitative estimate of drug-likeness (QED) is 0.855. The highest BCUT2D eigenvalue weighted by atomic mass is 16.2. The standard InChI is InChI=1S/C14H18N2O/c15-7-5-10-1-4-13-12(9-10)6-8-16(13)14(17)11-2-3-11/h1,4,9,11H,2-3,5-8,15H2. The van der Waals surface area contributed by atoms with Crippen molar-refractivity contribution in [2.45, 2.75) is 25.7 Å². The summed E-state index contributed by atoms with van der Waals surface area (Å²) in [6, 6.07) is 6.40. The predicted octanol–water partition coefficient (Wildman–Crippen LogP) is 1.49. The molecule has 0 atom stereocenters. The van der Waals surface area contributed by atoms with Gasteiger partial charge in [-0.1, -0.05) is 12.1 Å². The predicted molar refractivity (Wildman–Crippen MR) is 68.0 cm³/mol. The first-order chi connectivity index (χ1) is 8.29. The highest BCUT2D eigenvalue weighted by Gasteiger charge is 2.36. The van der Waals surface area contributed by atoms with Crippen molar-refractivity contribution in [3.05, 3.63) is 29.3 Å². The molecule has 0 spiro atoms. The molecule has 1 aliphatic heterocycles. The summed E-state index contributed by atoms with van der Waals surface area (Å²) in [7, 11) is 0. The van der Waals surface area contributed by atoms with E-state index < -0.39 is 0 Å². The van der Waals surface area contributed by atoms with E-state index >= 15 is 0 Å². The summed E-state index contributed by atoms with van der Waals surface area (Å²) < 4.78 is 0. The summed E-state index contributed by atoms with van der Waals surface area (Å²) in [5, 5.41) is 0. The number of benzene rings is 1. The molecule has 0 radical (unpaired) electrons. The number of nitrogens with zero attached hydrogens (tertiary/aromatic N) is 1. The third-order valence-corrected chi connectivity index (χ3v) is 3.67. The van der Waals surface area contributed by atoms with Gasteiger partial charge in [-0.05, 0) is 49.4 Å². The summed E-state index contributed by atoms with van der Waals surface area (Å²) >= 11 is 0. The van der Waals surface area contributed by atoms with Gasteiger partial charge in [0.25, 0.3) is 0 Å². The molecule has 1 aromatic rings. The van der Waals surface area contributed by atoms with Gasteiger partial charge in [0.2, 0.25) is 5.91 Å². The zero-order valence-corrected chi connectivity index (χ0v) is 9.98. The van der Waals surface area contributed by atoms with Crippen LogP contribution in [0, 0.1) is 5.92 Å². The van der Waals surface area contributed by atoms with Gasteiger partial charge in [-0.25, -0.2) is 0 Å². The number of carbonyl (C=O) groups is 1. The Balaban J connectivity index is 1.84. The fourth-order valence-electron chi connectivity index (χ4n) is 2.56. The van der Waals surface area contributed by atoms with E-state index in [2.05, 4.69) is 18.2 Å². The number of carbonyl (C=O) groups excluding carboxylic acids is 1. The monoisotopic (exact) mass is 230 g/mol. The first kappa shape index (κ1) is 10.8. The van der Waals surface area contributed by atoms with Crippen molar-refractivity contribution in [2.24, 2.45) is 11.7 Å². The molecule has 0 unspecified atom stereocenters. The Morgan fingerprint density at radius 3 is 2.94 bits per heavy atom. The van der Waals surface area contributed by atoms with E-state index in [0.717, 1.165) is 37.9 Å². The Morgan fingerprint density at radius 2 is 2.24 bits per heavy atom. The van der Waals surface area contributed by atoms with Crippen molar-refractivity contribution in [1.29, 1.82) is 0 Å². The van der Waals surface area contributed by atoms with Crippen LogP contribution >= 0.6 is 0 Å². The number of anilines is 1. The molecule has 1 heterocycles. The van der Waals surface area contributed by atoms with Crippen LogP contribution in [0.5, 0.6) is 0 Å². The normalized spacial score (nSPS) is 18.3. The number of fused-ring (bicyclic) bond motifs is 1. The minimum absolute atomic E-state index is 0.310. The Kier molecular flexibility index (Phi) is 2.63. The van der Waals surface area contributed by atoms with Crippen LogP contribution in [0.4, 0.5) is 5.69 Å². The summed E-state index contributed by atoms with van der Waals surface area (Å²) in [5.41, 5.74) is 9.29. The van der Waals surface area contributed by atoms with Crippen molar-refractivity contribution in [2.75, 3.05) is 18.0 Å². The van der Waals surface area contributed by atoms with Gasteiger partial charge in [0, 0.05) is 18.2 Å². The first-order valence-electron chi connectivity index (χ1n) is 6.43. The fraction of sp³-hybridized carbons (Fsp3) is 0.500. The fourth-order valence-corrected chi connectivity index (χ4v) is 2.56. The number of hydrogen-bond donors (Lipinski definition) is 1. The molecule has 1 aromatic carbocycles. The Bertz CT molecular complexity index is 452. The average molecular weight is 230 g/mol. The molecule has 0 aromatic heterocycles. The first-order valence-corrected chi connectivity index (χ1v) is 6.43. The summed E-state index contributed by atoms with van der Waals surface area (Å²) in [4.78, 5) is 14.1. The lowest BCUT2D eigenvalue weighted by atomic mass is 10.1. The van der Waals surface area contributed by atoms with Crippen molar-refractivity contribution in [3.63, 3.8) is 0 Å². The maximum Gasteiger partial charge on any atom is 0.230 e. The smallest absolute Gasteiger partial charge is 0.230 e. The van der Waals surface area contributed by atoms with Gasteiger partial charge in [0.05, 0.1) is 0 Å². The molecular formula is C14H18N2O. The van der Waals surface area contributed by atoms with Crippen molar-refractivity contribution in [3.8, 4) is 0 Å². The lowest BCUT2D eigenvalue weighted by Crippen LogP contribution is -2.30. The molecule has 1 saturated carbocycles. The lowest BCUT2D eigenvalue weighted by molar-refractivity contribution is -0.119. The van der Waals surface area contributed by atoms with E-state index in [1.54, 1.807) is 0 Å². The minimum atomic E-state index is 0.310. The highest BCUT2D eigenvalue weighted by molar-refractivity contribution is 5.98. The maximum atomic E-state index is 12.1. The van der Waals surface area contributed by atoms with Crippen LogP contribution in [-0.4, -0.2) is 19.0 Å². The second kappa shape index (κ2) is 4.15. The second-order valence-corrected chi connectivity index (χ2v) is 5.02. The molecule has 90 valence electrons. The van der Waals surface area contributed by atoms with Crippen LogP contribution in [0.3, 0.4) is 0 Å². The number of rotatable bonds is 3. The minimum Gasteiger partial charge on any atom is -0.330 e. The largest absolute Gasteiger partial charge is 0.330 e. The summed E-state index contributed by atoms with van der Waals surface area (Å²) in [6.07, 6.45) is 4.07. The van der Waals surface area contributed by atoms with Crippen LogP contribution in [-0.2, 0) is 17.6 Å². The van der Waals surface area contributed by atoms with Gasteiger partial charge in [-0.3, -0.25) is 4.79 Å². The van der Waals surface area contributed by atoms with E-state index in [1.807, 2.05) is 4.90 Å². The van der Waals surface area contributed by atoms with Crippen LogP contribution in [0.25, 0.3) is 0 Å². The molecule has 2 N–H and O–H groups in total. The van der Waals surface area contributed by atoms with Crippen LogP contribution < -0.4 is 10.6 Å². The molecule has 3 nitrogen and oxygen atoms in total. The molecule has 1 fully saturated rings. The number of nitrogens with two attached hydrogens (primary N) is 1. The van der Waals surface area contributed by atoms with Crippen LogP contribution in [0.2, 0.25) is 0 Å². The maximum absolute atomic E-state index is 12.1. The topological polar surface area (TPSA) is 46.3 Å². The Hall–Kier alpha value is -1.35. The van der Waals surface area contributed by atoms with Crippen molar-refractivity contribution in [1.82, 2.24) is 0 Å². The van der Waals surface area contributed by atoms with E-state index in [0.29, 0.717) is 18.4 Å². The van der Waals surface area contributed by atoms with Gasteiger partial charge < -0.3 is 10.6 Å². The zero-order valence-electron chi connectivity index (χ0n) is 9.98. The van der Waals surface area contributed by atoms with Crippen molar-refractivity contribution >= 4 is 11.6 Å². The van der Waals surface area contributed by atoms with E-state index in [4.69, 9.17) is 5.73 Å². The summed E-state index contributed by atoms with van der Waals surface area (Å²) in [6.45, 7) is 1.54. The van der Waals surface area contributed by atoms with E-state index in [1.165, 1.54) is 11.1 Å². The Labute approximate surface area is 102 Å². The summed E-state index contributed by atoms with van der Waals surface area (Å²) in [5.74, 6) is 0.639. The van der Waals surface area contributed by atoms with E-state index in [-0.39, 0.29) is 0 Å². The molecule has 3 heteroatoms. The van der Waals surface area contributed by atoms with Gasteiger partial charge >= 0.3 is 0 Å². The highest BCUT2D eigenvalue weighted by Crippen LogP contribution is 2.36. The SMILES string of the molecule is NCCc1ccc2c(c1)CCN2C(=O)C1CC1. The number of hydrogen-bond acceptors (Lipinski definition) is 2. The third-order valence-electron chi connectivity index (χ3n) is 3.67. The molecule has 1 aliphatic carbocycles. The molecule has 2 aliphatic rings. The van der Waals surface area contributed by atoms with Gasteiger partial charge in [0.15, 0.2) is 0 Å². The van der Waals surface area contributed by atoms with Gasteiger partial charge in [0.1, 0.15) is 0 Å². The molecule has 0 bridgehead atoms. The zero-order chi connectivity index (χ0) is 11.8. The van der Waals surface area contributed by atoms with Crippen molar-refractivity contribution < 1.29 is 4.79 Å². The lowest BCUT2D eigenvalue weighted by Gasteiger charge is -2.17. The van der Waals surface area contributed by atoms with Crippen LogP contribution in [0.15, 0.2) is 18.2 Å². The van der Waals surface area contributed by atoms with Gasteiger partial charge in [-0.2, -0.15) is 0 Å². The van der Waals surface area contributed by atoms with E-state index in [9.17, 15) is 4.79 Å². The third kappa shape index (κ3) is 1.95. The average Bonchev–Trinajstić information content (AvgIpc) is 3.09. The molecule has 1 amide bonds. The Morgan fingerprint density at radius 1 is 1.41 bits per heavy atom. The van der Waals surface area contributed by atoms with Crippen LogP contribution in [0.1, 0.15) is 24.0 Å². The molecular weight excluding hydrogens is 212 g/mol. The molecule has 3 rings (SSSR count). The van der Waals surface area contributed by atoms with Gasteiger partial charge in [-0.15, -0.1) is 0 Å². The second-order valence-electron chi connectivity index (χ2n) is 5.02. The molecule has 17 heavy (non-hydrogen) atoms. The molecule has 0 saturated heterocycles.